The van der Waals surface area contributed by atoms with Gasteiger partial charge in [0.25, 0.3) is 0 Å². The molecule has 0 fully saturated rings. The lowest BCUT2D eigenvalue weighted by Crippen LogP contribution is -2.24. The third-order valence-electron chi connectivity index (χ3n) is 5.09. The second-order valence-corrected chi connectivity index (χ2v) is 8.31. The van der Waals surface area contributed by atoms with E-state index in [-0.39, 0.29) is 11.2 Å². The third kappa shape index (κ3) is 4.29. The van der Waals surface area contributed by atoms with Gasteiger partial charge in [0.15, 0.2) is 5.16 Å². The highest BCUT2D eigenvalue weighted by Gasteiger charge is 2.22. The van der Waals surface area contributed by atoms with Gasteiger partial charge in [0, 0.05) is 18.7 Å². The third-order valence-corrected chi connectivity index (χ3v) is 6.17. The molecule has 3 rings (SSSR count). The minimum atomic E-state index is -0.225. The Morgan fingerprint density at radius 1 is 1.23 bits per heavy atom. The number of fused-ring (bicyclic) bond motifs is 1. The molecule has 0 aliphatic carbocycles. The van der Waals surface area contributed by atoms with Gasteiger partial charge in [-0.3, -0.25) is 4.79 Å². The van der Waals surface area contributed by atoms with Gasteiger partial charge < -0.3 is 9.88 Å². The molecule has 2 heterocycles. The van der Waals surface area contributed by atoms with E-state index in [1.807, 2.05) is 25.1 Å². The van der Waals surface area contributed by atoms with Gasteiger partial charge in [-0.05, 0) is 43.7 Å². The average Bonchev–Trinajstić information content (AvgIpc) is 2.88. The standard InChI is InChI=1S/C20H28N4OS/c1-4-14(2)16-10-7-8-11-17(16)21-19(25)15(3)26-20-23-22-18-12-6-5-9-13-24(18)20/h7-8,10-11,14-15H,4-6,9,12-13H2,1-3H3,(H,21,25)/t14-,15+/m0/s1. The van der Waals surface area contributed by atoms with Gasteiger partial charge in [-0.25, -0.2) is 0 Å². The van der Waals surface area contributed by atoms with E-state index in [0.29, 0.717) is 5.92 Å². The first kappa shape index (κ1) is 19.0. The molecule has 0 saturated heterocycles. The van der Waals surface area contributed by atoms with E-state index in [9.17, 15) is 4.79 Å². The molecule has 26 heavy (non-hydrogen) atoms. The minimum Gasteiger partial charge on any atom is -0.325 e. The number of hydrogen-bond donors (Lipinski definition) is 1. The molecule has 1 aromatic heterocycles. The van der Waals surface area contributed by atoms with Crippen LogP contribution in [0.4, 0.5) is 5.69 Å². The summed E-state index contributed by atoms with van der Waals surface area (Å²) in [5.74, 6) is 1.48. The molecule has 1 aromatic carbocycles. The van der Waals surface area contributed by atoms with Crippen molar-refractivity contribution in [2.24, 2.45) is 0 Å². The van der Waals surface area contributed by atoms with Crippen molar-refractivity contribution in [3.8, 4) is 0 Å². The van der Waals surface area contributed by atoms with Crippen molar-refractivity contribution >= 4 is 23.4 Å². The highest BCUT2D eigenvalue weighted by Crippen LogP contribution is 2.29. The van der Waals surface area contributed by atoms with Gasteiger partial charge in [0.05, 0.1) is 5.25 Å². The zero-order valence-corrected chi connectivity index (χ0v) is 16.7. The van der Waals surface area contributed by atoms with Crippen LogP contribution < -0.4 is 5.32 Å². The van der Waals surface area contributed by atoms with Crippen molar-refractivity contribution in [2.75, 3.05) is 5.32 Å². The van der Waals surface area contributed by atoms with Gasteiger partial charge in [0.2, 0.25) is 5.91 Å². The Morgan fingerprint density at radius 3 is 2.85 bits per heavy atom. The lowest BCUT2D eigenvalue weighted by molar-refractivity contribution is -0.115. The number of benzene rings is 1. The summed E-state index contributed by atoms with van der Waals surface area (Å²) in [7, 11) is 0. The highest BCUT2D eigenvalue weighted by molar-refractivity contribution is 8.00. The molecule has 1 aliphatic rings. The van der Waals surface area contributed by atoms with Crippen LogP contribution in [0.5, 0.6) is 0 Å². The molecule has 6 heteroatoms. The molecule has 1 aliphatic heterocycles. The fourth-order valence-electron chi connectivity index (χ4n) is 3.25. The normalized spacial score (nSPS) is 16.4. The number of aryl methyl sites for hydroxylation is 1. The number of carbonyl (C=O) groups excluding carboxylic acids is 1. The summed E-state index contributed by atoms with van der Waals surface area (Å²) in [5, 5.41) is 12.4. The van der Waals surface area contributed by atoms with Gasteiger partial charge in [0.1, 0.15) is 5.82 Å². The quantitative estimate of drug-likeness (QED) is 0.751. The van der Waals surface area contributed by atoms with Crippen LogP contribution in [0.2, 0.25) is 0 Å². The summed E-state index contributed by atoms with van der Waals surface area (Å²) >= 11 is 1.50. The summed E-state index contributed by atoms with van der Waals surface area (Å²) in [6.45, 7) is 7.24. The van der Waals surface area contributed by atoms with E-state index in [1.165, 1.54) is 30.2 Å². The largest absolute Gasteiger partial charge is 0.325 e. The Kier molecular flexibility index (Phi) is 6.35. The molecule has 5 nitrogen and oxygen atoms in total. The molecular weight excluding hydrogens is 344 g/mol. The van der Waals surface area contributed by atoms with E-state index in [2.05, 4.69) is 40.0 Å². The molecule has 0 unspecified atom stereocenters. The van der Waals surface area contributed by atoms with Crippen molar-refractivity contribution in [3.63, 3.8) is 0 Å². The first-order chi connectivity index (χ1) is 12.6. The van der Waals surface area contributed by atoms with Crippen molar-refractivity contribution in [1.29, 1.82) is 0 Å². The molecule has 0 saturated carbocycles. The van der Waals surface area contributed by atoms with Crippen LogP contribution >= 0.6 is 11.8 Å². The van der Waals surface area contributed by atoms with Crippen molar-refractivity contribution in [3.05, 3.63) is 35.7 Å². The number of carbonyl (C=O) groups is 1. The Bertz CT molecular complexity index is 758. The van der Waals surface area contributed by atoms with E-state index in [4.69, 9.17) is 0 Å². The summed E-state index contributed by atoms with van der Waals surface area (Å²) in [5.41, 5.74) is 2.11. The van der Waals surface area contributed by atoms with Crippen molar-refractivity contribution in [1.82, 2.24) is 14.8 Å². The topological polar surface area (TPSA) is 59.8 Å². The predicted octanol–water partition coefficient (Wildman–Crippen LogP) is 4.64. The maximum atomic E-state index is 12.7. The highest BCUT2D eigenvalue weighted by atomic mass is 32.2. The Morgan fingerprint density at radius 2 is 2.04 bits per heavy atom. The van der Waals surface area contributed by atoms with E-state index < -0.39 is 0 Å². The SMILES string of the molecule is CC[C@H](C)c1ccccc1NC(=O)[C@@H](C)Sc1nnc2n1CCCCC2. The smallest absolute Gasteiger partial charge is 0.237 e. The molecule has 0 bridgehead atoms. The van der Waals surface area contributed by atoms with E-state index >= 15 is 0 Å². The molecule has 2 atom stereocenters. The maximum Gasteiger partial charge on any atom is 0.237 e. The monoisotopic (exact) mass is 372 g/mol. The Hall–Kier alpha value is -1.82. The second kappa shape index (κ2) is 8.71. The molecule has 0 radical (unpaired) electrons. The molecule has 1 amide bonds. The number of nitrogens with zero attached hydrogens (tertiary/aromatic N) is 3. The van der Waals surface area contributed by atoms with E-state index in [0.717, 1.165) is 42.5 Å². The zero-order chi connectivity index (χ0) is 18.5. The summed E-state index contributed by atoms with van der Waals surface area (Å²) < 4.78 is 2.19. The van der Waals surface area contributed by atoms with Crippen LogP contribution in [0.3, 0.4) is 0 Å². The van der Waals surface area contributed by atoms with Crippen LogP contribution in [-0.2, 0) is 17.8 Å². The van der Waals surface area contributed by atoms with Crippen molar-refractivity contribution in [2.45, 2.75) is 75.7 Å². The molecule has 0 spiro atoms. The van der Waals surface area contributed by atoms with Crippen molar-refractivity contribution < 1.29 is 4.79 Å². The number of nitrogens with one attached hydrogen (secondary N) is 1. The first-order valence-electron chi connectivity index (χ1n) is 9.58. The van der Waals surface area contributed by atoms with Crippen LogP contribution in [0.15, 0.2) is 29.4 Å². The van der Waals surface area contributed by atoms with E-state index in [1.54, 1.807) is 0 Å². The average molecular weight is 373 g/mol. The van der Waals surface area contributed by atoms with Crippen LogP contribution in [0.1, 0.15) is 63.8 Å². The molecule has 2 aromatic rings. The fraction of sp³-hybridized carbons (Fsp3) is 0.550. The zero-order valence-electron chi connectivity index (χ0n) is 15.9. The summed E-state index contributed by atoms with van der Waals surface area (Å²) in [6, 6.07) is 8.08. The number of hydrogen-bond acceptors (Lipinski definition) is 4. The summed E-state index contributed by atoms with van der Waals surface area (Å²) in [4.78, 5) is 12.7. The van der Waals surface area contributed by atoms with Crippen LogP contribution in [-0.4, -0.2) is 25.9 Å². The first-order valence-corrected chi connectivity index (χ1v) is 10.5. The fourth-order valence-corrected chi connectivity index (χ4v) is 4.15. The minimum absolute atomic E-state index is 0.0109. The number of aromatic nitrogens is 3. The van der Waals surface area contributed by atoms with Gasteiger partial charge in [-0.2, -0.15) is 0 Å². The second-order valence-electron chi connectivity index (χ2n) is 7.01. The van der Waals surface area contributed by atoms with Gasteiger partial charge in [-0.1, -0.05) is 50.2 Å². The van der Waals surface area contributed by atoms with Gasteiger partial charge in [-0.15, -0.1) is 10.2 Å². The Labute approximate surface area is 160 Å². The molecule has 1 N–H and O–H groups in total. The lowest BCUT2D eigenvalue weighted by atomic mass is 9.97. The lowest BCUT2D eigenvalue weighted by Gasteiger charge is -2.17. The number of thioether (sulfide) groups is 1. The number of anilines is 1. The molecular formula is C20H28N4OS. The van der Waals surface area contributed by atoms with Crippen LogP contribution in [0.25, 0.3) is 0 Å². The summed E-state index contributed by atoms with van der Waals surface area (Å²) in [6.07, 6.45) is 5.59. The number of amides is 1. The van der Waals surface area contributed by atoms with Crippen LogP contribution in [0, 0.1) is 0 Å². The molecule has 140 valence electrons. The number of para-hydroxylation sites is 1. The maximum absolute atomic E-state index is 12.7. The van der Waals surface area contributed by atoms with Gasteiger partial charge >= 0.3 is 0 Å². The number of rotatable bonds is 6. The Balaban J connectivity index is 1.69. The predicted molar refractivity (Wildman–Crippen MR) is 107 cm³/mol.